The highest BCUT2D eigenvalue weighted by molar-refractivity contribution is 5.19. The lowest BCUT2D eigenvalue weighted by Gasteiger charge is -2.72. The Labute approximate surface area is 338 Å². The van der Waals surface area contributed by atoms with Crippen LogP contribution in [0.4, 0.5) is 0 Å². The minimum atomic E-state index is 0. The van der Waals surface area contributed by atoms with Gasteiger partial charge in [0.05, 0.1) is 97.4 Å². The molecule has 8 nitrogen and oxygen atoms in total. The van der Waals surface area contributed by atoms with E-state index in [9.17, 15) is 0 Å². The van der Waals surface area contributed by atoms with Gasteiger partial charge in [-0.3, -0.25) is 0 Å². The molecule has 8 N–H and O–H groups in total. The molecule has 12 heteroatoms. The lowest BCUT2D eigenvalue weighted by Crippen LogP contribution is -3.00. The Bertz CT molecular complexity index is 890. The fourth-order valence-corrected chi connectivity index (χ4v) is 14.0. The van der Waals surface area contributed by atoms with Gasteiger partial charge in [-0.1, -0.05) is 27.7 Å². The molecule has 0 radical (unpaired) electrons. The predicted molar refractivity (Wildman–Crippen MR) is 185 cm³/mol. The van der Waals surface area contributed by atoms with Crippen LogP contribution in [0.3, 0.4) is 0 Å². The van der Waals surface area contributed by atoms with Crippen LogP contribution >= 0.6 is 0 Å². The summed E-state index contributed by atoms with van der Waals surface area (Å²) < 4.78 is 4.61. The first-order valence-electron chi connectivity index (χ1n) is 16.7. The van der Waals surface area contributed by atoms with Crippen LogP contribution < -0.4 is 67.9 Å². The molecule has 0 amide bonds. The van der Waals surface area contributed by atoms with E-state index in [0.717, 1.165) is 17.9 Å². The van der Waals surface area contributed by atoms with Gasteiger partial charge in [-0.2, -0.15) is 0 Å². The Balaban J connectivity index is -0.000000346. The SMILES string of the molecule is CC12CC3(C)CC([N+](C)(C)C)(C1)CC([N+](C)(C)C)(C2)C3.CC12CC3(C)CC([N+](C)(C)C)(C1)CC([N+](C)(C)C)(C2)C3.O.O.O.O.[Br-].[Br-].[Br-].[Br-]. The standard InChI is InChI=1S/2C18H36N2.4BrH.4H2O/c2*1-15-9-16(2)12-17(10-15,19(3,4)5)14-18(11-15,13-16)20(6,7)8;;;;;;;;/h2*9-14H2,1-8H3;4*1H;4*1H2/q2*+2;;;;;;;;/p-4. The number of rotatable bonds is 4. The summed E-state index contributed by atoms with van der Waals surface area (Å²) in [6, 6.07) is 0. The molecule has 0 aromatic carbocycles. The molecule has 296 valence electrons. The Hall–Kier alpha value is 1.60. The highest BCUT2D eigenvalue weighted by Crippen LogP contribution is 2.72. The van der Waals surface area contributed by atoms with Gasteiger partial charge >= 0.3 is 0 Å². The van der Waals surface area contributed by atoms with Crippen molar-refractivity contribution < 1.29 is 108 Å². The number of hydrogen-bond donors (Lipinski definition) is 0. The smallest absolute Gasteiger partial charge is 0.106 e. The van der Waals surface area contributed by atoms with Gasteiger partial charge in [0.15, 0.2) is 0 Å². The van der Waals surface area contributed by atoms with E-state index in [0.29, 0.717) is 43.8 Å². The van der Waals surface area contributed by atoms with Crippen LogP contribution in [0.2, 0.25) is 0 Å². The van der Waals surface area contributed by atoms with Gasteiger partial charge in [0.2, 0.25) is 0 Å². The minimum absolute atomic E-state index is 0. The highest BCUT2D eigenvalue weighted by Gasteiger charge is 2.74. The monoisotopic (exact) mass is 948 g/mol. The molecule has 8 aliphatic carbocycles. The summed E-state index contributed by atoms with van der Waals surface area (Å²) >= 11 is 0. The molecule has 0 saturated heterocycles. The predicted octanol–water partition coefficient (Wildman–Crippen LogP) is -8.74. The molecule has 0 spiro atoms. The van der Waals surface area contributed by atoms with E-state index < -0.39 is 0 Å². The normalized spacial score (nSPS) is 43.0. The van der Waals surface area contributed by atoms with E-state index in [1.807, 2.05) is 0 Å². The van der Waals surface area contributed by atoms with E-state index in [-0.39, 0.29) is 89.8 Å². The van der Waals surface area contributed by atoms with Gasteiger partial charge in [0, 0.05) is 51.4 Å². The third-order valence-corrected chi connectivity index (χ3v) is 14.8. The molecular weight excluding hydrogens is 872 g/mol. The summed E-state index contributed by atoms with van der Waals surface area (Å²) in [6.45, 7) is 10.4. The van der Waals surface area contributed by atoms with Crippen molar-refractivity contribution in [1.82, 2.24) is 0 Å². The number of nitrogens with zero attached hydrogens (tertiary/aromatic N) is 4. The second-order valence-electron chi connectivity index (χ2n) is 22.3. The summed E-state index contributed by atoms with van der Waals surface area (Å²) in [7, 11) is 29.4. The van der Waals surface area contributed by atoms with Gasteiger partial charge in [-0.15, -0.1) is 0 Å². The zero-order valence-corrected chi connectivity index (χ0v) is 40.1. The lowest BCUT2D eigenvalue weighted by molar-refractivity contribution is -0.966. The first-order chi connectivity index (χ1) is 17.5. The van der Waals surface area contributed by atoms with Crippen molar-refractivity contribution in [3.63, 3.8) is 0 Å². The fourth-order valence-electron chi connectivity index (χ4n) is 14.0. The van der Waals surface area contributed by atoms with Crippen molar-refractivity contribution in [3.05, 3.63) is 0 Å². The summed E-state index contributed by atoms with van der Waals surface area (Å²) in [5.74, 6) is 0. The molecule has 0 aromatic rings. The topological polar surface area (TPSA) is 126 Å². The van der Waals surface area contributed by atoms with Gasteiger partial charge < -0.3 is 108 Å². The zero-order chi connectivity index (χ0) is 30.5. The molecule has 0 aliphatic heterocycles. The molecule has 48 heavy (non-hydrogen) atoms. The number of hydrogen-bond acceptors (Lipinski definition) is 0. The van der Waals surface area contributed by atoms with Gasteiger partial charge in [0.1, 0.15) is 22.2 Å². The molecule has 0 heterocycles. The maximum absolute atomic E-state index is 2.59. The van der Waals surface area contributed by atoms with Crippen molar-refractivity contribution in [3.8, 4) is 0 Å². The van der Waals surface area contributed by atoms with Crippen molar-refractivity contribution in [2.24, 2.45) is 21.7 Å². The Morgan fingerprint density at radius 2 is 0.375 bits per heavy atom. The second-order valence-corrected chi connectivity index (χ2v) is 22.3. The maximum Gasteiger partial charge on any atom is 0.106 e. The summed E-state index contributed by atoms with van der Waals surface area (Å²) in [5.41, 5.74) is 4.29. The van der Waals surface area contributed by atoms with Gasteiger partial charge in [-0.05, 0) is 34.5 Å². The van der Waals surface area contributed by atoms with E-state index in [4.69, 9.17) is 0 Å². The van der Waals surface area contributed by atoms with Crippen LogP contribution in [0, 0.1) is 21.7 Å². The third kappa shape index (κ3) is 8.61. The largest absolute Gasteiger partial charge is 1.00 e. The van der Waals surface area contributed by atoms with Crippen LogP contribution in [0.15, 0.2) is 0 Å². The fraction of sp³-hybridized carbons (Fsp3) is 1.00. The van der Waals surface area contributed by atoms with Crippen molar-refractivity contribution in [2.75, 3.05) is 84.6 Å². The number of quaternary nitrogens is 4. The highest BCUT2D eigenvalue weighted by atomic mass is 79.9. The third-order valence-electron chi connectivity index (χ3n) is 14.8. The summed E-state index contributed by atoms with van der Waals surface area (Å²) in [4.78, 5) is 0. The molecule has 0 unspecified atom stereocenters. The average Bonchev–Trinajstić information content (AvgIpc) is 2.59. The molecule has 8 saturated carbocycles. The van der Waals surface area contributed by atoms with Crippen molar-refractivity contribution in [2.45, 2.75) is 127 Å². The minimum Gasteiger partial charge on any atom is -1.00 e. The van der Waals surface area contributed by atoms with Gasteiger partial charge in [0.25, 0.3) is 0 Å². The van der Waals surface area contributed by atoms with Crippen molar-refractivity contribution >= 4 is 0 Å². The Kier molecular flexibility index (Phi) is 17.6. The van der Waals surface area contributed by atoms with E-state index in [1.165, 1.54) is 77.0 Å². The Morgan fingerprint density at radius 3 is 0.479 bits per heavy atom. The summed E-state index contributed by atoms with van der Waals surface area (Å²) in [5, 5.41) is 0. The Morgan fingerprint density at radius 1 is 0.250 bits per heavy atom. The zero-order valence-electron chi connectivity index (χ0n) is 33.8. The van der Waals surface area contributed by atoms with Crippen LogP contribution in [-0.2, 0) is 0 Å². The molecule has 8 rings (SSSR count). The quantitative estimate of drug-likeness (QED) is 0.249. The maximum atomic E-state index is 2.59. The van der Waals surface area contributed by atoms with Crippen LogP contribution in [0.5, 0.6) is 0 Å². The molecular formula is C36H80Br4N4O4. The van der Waals surface area contributed by atoms with Crippen LogP contribution in [0.1, 0.15) is 105 Å². The first-order valence-corrected chi connectivity index (χ1v) is 16.7. The van der Waals surface area contributed by atoms with E-state index in [2.05, 4.69) is 112 Å². The van der Waals surface area contributed by atoms with E-state index >= 15 is 0 Å². The average molecular weight is 953 g/mol. The first kappa shape index (κ1) is 56.3. The molecule has 0 atom stereocenters. The molecule has 0 aromatic heterocycles. The molecule has 8 bridgehead atoms. The van der Waals surface area contributed by atoms with Crippen LogP contribution in [0.25, 0.3) is 0 Å². The molecule has 8 fully saturated rings. The van der Waals surface area contributed by atoms with Crippen molar-refractivity contribution in [1.29, 1.82) is 0 Å². The van der Waals surface area contributed by atoms with Crippen LogP contribution in [-0.4, -0.2) is 147 Å². The van der Waals surface area contributed by atoms with E-state index in [1.54, 1.807) is 0 Å². The van der Waals surface area contributed by atoms with Gasteiger partial charge in [-0.25, -0.2) is 0 Å². The summed E-state index contributed by atoms with van der Waals surface area (Å²) in [6.07, 6.45) is 17.3. The molecule has 8 aliphatic rings. The lowest BCUT2D eigenvalue weighted by atomic mass is 9.39. The number of halogens is 4. The second kappa shape index (κ2) is 15.0.